The molecule has 28 heavy (non-hydrogen) atoms. The standard InChI is InChI=1S/C20H19F2N3O3/c1-20(2,14-8-10-15(27-3)11-9-14)24-18(26)13-6-4-12(5-7-13)17-23-19(16(21)22)28-25-17/h4-11,16H,1-3H3,(H,24,26). The number of ether oxygens (including phenoxy) is 1. The van der Waals surface area contributed by atoms with Gasteiger partial charge in [0, 0.05) is 11.1 Å². The molecule has 0 aliphatic heterocycles. The van der Waals surface area contributed by atoms with Gasteiger partial charge in [0.1, 0.15) is 5.75 Å². The zero-order valence-electron chi connectivity index (χ0n) is 15.6. The molecule has 146 valence electrons. The van der Waals surface area contributed by atoms with Crippen LogP contribution >= 0.6 is 0 Å². The Morgan fingerprint density at radius 3 is 2.29 bits per heavy atom. The number of rotatable bonds is 6. The Bertz CT molecular complexity index is 952. The van der Waals surface area contributed by atoms with Gasteiger partial charge in [-0.3, -0.25) is 4.79 Å². The average molecular weight is 387 g/mol. The van der Waals surface area contributed by atoms with Gasteiger partial charge in [-0.25, -0.2) is 0 Å². The maximum Gasteiger partial charge on any atom is 0.315 e. The van der Waals surface area contributed by atoms with Gasteiger partial charge >= 0.3 is 6.43 Å². The molecule has 6 nitrogen and oxygen atoms in total. The molecular weight excluding hydrogens is 368 g/mol. The van der Waals surface area contributed by atoms with Crippen molar-refractivity contribution in [3.05, 3.63) is 65.5 Å². The molecule has 0 unspecified atom stereocenters. The third kappa shape index (κ3) is 4.16. The topological polar surface area (TPSA) is 77.2 Å². The van der Waals surface area contributed by atoms with E-state index >= 15 is 0 Å². The Balaban J connectivity index is 1.72. The quantitative estimate of drug-likeness (QED) is 0.681. The van der Waals surface area contributed by atoms with E-state index in [0.717, 1.165) is 11.3 Å². The summed E-state index contributed by atoms with van der Waals surface area (Å²) in [6.07, 6.45) is -2.83. The first-order chi connectivity index (χ1) is 13.3. The number of halogens is 2. The zero-order valence-corrected chi connectivity index (χ0v) is 15.6. The van der Waals surface area contributed by atoms with Gasteiger partial charge in [-0.1, -0.05) is 29.4 Å². The molecular formula is C20H19F2N3O3. The lowest BCUT2D eigenvalue weighted by Crippen LogP contribution is -2.40. The van der Waals surface area contributed by atoms with Crippen LogP contribution in [0, 0.1) is 0 Å². The van der Waals surface area contributed by atoms with Crippen LogP contribution in [0.15, 0.2) is 53.1 Å². The Morgan fingerprint density at radius 1 is 1.11 bits per heavy atom. The molecule has 0 spiro atoms. The molecule has 1 amide bonds. The molecule has 8 heteroatoms. The second-order valence-corrected chi connectivity index (χ2v) is 6.64. The lowest BCUT2D eigenvalue weighted by Gasteiger charge is -2.27. The van der Waals surface area contributed by atoms with Crippen molar-refractivity contribution in [3.8, 4) is 17.1 Å². The Morgan fingerprint density at radius 2 is 1.75 bits per heavy atom. The number of methoxy groups -OCH3 is 1. The molecule has 3 aromatic rings. The maximum absolute atomic E-state index is 12.6. The molecule has 0 atom stereocenters. The zero-order chi connectivity index (χ0) is 20.3. The number of alkyl halides is 2. The van der Waals surface area contributed by atoms with Gasteiger partial charge in [0.05, 0.1) is 12.6 Å². The van der Waals surface area contributed by atoms with Crippen molar-refractivity contribution in [1.29, 1.82) is 0 Å². The van der Waals surface area contributed by atoms with Gasteiger partial charge in [-0.05, 0) is 43.7 Å². The highest BCUT2D eigenvalue weighted by Gasteiger charge is 2.24. The molecule has 3 rings (SSSR count). The summed E-state index contributed by atoms with van der Waals surface area (Å²) in [6, 6.07) is 13.7. The highest BCUT2D eigenvalue weighted by molar-refractivity contribution is 5.95. The smallest absolute Gasteiger partial charge is 0.315 e. The Kier molecular flexibility index (Phi) is 5.39. The van der Waals surface area contributed by atoms with E-state index in [0.29, 0.717) is 11.1 Å². The van der Waals surface area contributed by atoms with E-state index in [9.17, 15) is 13.6 Å². The van der Waals surface area contributed by atoms with Crippen molar-refractivity contribution in [2.45, 2.75) is 25.8 Å². The normalized spacial score (nSPS) is 11.5. The van der Waals surface area contributed by atoms with E-state index in [2.05, 4.69) is 20.0 Å². The third-order valence-electron chi connectivity index (χ3n) is 4.27. The van der Waals surface area contributed by atoms with Gasteiger partial charge in [-0.2, -0.15) is 13.8 Å². The van der Waals surface area contributed by atoms with Crippen molar-refractivity contribution in [1.82, 2.24) is 15.5 Å². The number of amides is 1. The van der Waals surface area contributed by atoms with Crippen molar-refractivity contribution < 1.29 is 22.8 Å². The summed E-state index contributed by atoms with van der Waals surface area (Å²) < 4.78 is 34.7. The molecule has 0 aliphatic carbocycles. The minimum Gasteiger partial charge on any atom is -0.497 e. The fraction of sp³-hybridized carbons (Fsp3) is 0.250. The summed E-state index contributed by atoms with van der Waals surface area (Å²) in [5, 5.41) is 6.49. The van der Waals surface area contributed by atoms with Crippen LogP contribution in [0.1, 0.15) is 42.1 Å². The average Bonchev–Trinajstić information content (AvgIpc) is 3.18. The molecule has 1 heterocycles. The molecule has 2 aromatic carbocycles. The van der Waals surface area contributed by atoms with Crippen molar-refractivity contribution >= 4 is 5.91 Å². The predicted octanol–water partition coefficient (Wildman–Crippen LogP) is 4.35. The van der Waals surface area contributed by atoms with Crippen LogP contribution in [-0.4, -0.2) is 23.2 Å². The molecule has 0 bridgehead atoms. The minimum atomic E-state index is -2.83. The molecule has 0 aliphatic rings. The van der Waals surface area contributed by atoms with Crippen molar-refractivity contribution in [2.75, 3.05) is 7.11 Å². The third-order valence-corrected chi connectivity index (χ3v) is 4.27. The highest BCUT2D eigenvalue weighted by Crippen LogP contribution is 2.24. The summed E-state index contributed by atoms with van der Waals surface area (Å²) in [5.74, 6) is -0.231. The summed E-state index contributed by atoms with van der Waals surface area (Å²) in [4.78, 5) is 16.2. The Labute approximate surface area is 160 Å². The molecule has 0 saturated heterocycles. The largest absolute Gasteiger partial charge is 0.497 e. The van der Waals surface area contributed by atoms with E-state index in [4.69, 9.17) is 4.74 Å². The first-order valence-corrected chi connectivity index (χ1v) is 8.49. The van der Waals surface area contributed by atoms with Crippen LogP contribution < -0.4 is 10.1 Å². The van der Waals surface area contributed by atoms with E-state index in [1.807, 2.05) is 38.1 Å². The lowest BCUT2D eigenvalue weighted by molar-refractivity contribution is 0.0912. The first kappa shape index (κ1) is 19.5. The molecule has 0 fully saturated rings. The number of aromatic nitrogens is 2. The minimum absolute atomic E-state index is 0.0424. The fourth-order valence-corrected chi connectivity index (χ4v) is 2.65. The SMILES string of the molecule is COc1ccc(C(C)(C)NC(=O)c2ccc(-c3noc(C(F)F)n3)cc2)cc1. The van der Waals surface area contributed by atoms with Crippen LogP contribution in [0.2, 0.25) is 0 Å². The number of hydrogen-bond donors (Lipinski definition) is 1. The number of nitrogens with one attached hydrogen (secondary N) is 1. The highest BCUT2D eigenvalue weighted by atomic mass is 19.3. The van der Waals surface area contributed by atoms with E-state index in [1.165, 1.54) is 0 Å². The van der Waals surface area contributed by atoms with E-state index < -0.39 is 17.9 Å². The first-order valence-electron chi connectivity index (χ1n) is 8.49. The number of carbonyl (C=O) groups excluding carboxylic acids is 1. The number of hydrogen-bond acceptors (Lipinski definition) is 5. The van der Waals surface area contributed by atoms with Crippen LogP contribution in [-0.2, 0) is 5.54 Å². The summed E-state index contributed by atoms with van der Waals surface area (Å²) >= 11 is 0. The van der Waals surface area contributed by atoms with Crippen molar-refractivity contribution in [3.63, 3.8) is 0 Å². The summed E-state index contributed by atoms with van der Waals surface area (Å²) in [6.45, 7) is 3.79. The number of benzene rings is 2. The van der Waals surface area contributed by atoms with Gasteiger partial charge < -0.3 is 14.6 Å². The fourth-order valence-electron chi connectivity index (χ4n) is 2.65. The van der Waals surface area contributed by atoms with Crippen LogP contribution in [0.4, 0.5) is 8.78 Å². The van der Waals surface area contributed by atoms with Gasteiger partial charge in [0.15, 0.2) is 0 Å². The number of carbonyl (C=O) groups is 1. The molecule has 1 N–H and O–H groups in total. The van der Waals surface area contributed by atoms with Crippen LogP contribution in [0.5, 0.6) is 5.75 Å². The van der Waals surface area contributed by atoms with Crippen LogP contribution in [0.25, 0.3) is 11.4 Å². The van der Waals surface area contributed by atoms with Gasteiger partial charge in [-0.15, -0.1) is 0 Å². The van der Waals surface area contributed by atoms with Crippen molar-refractivity contribution in [2.24, 2.45) is 0 Å². The van der Waals surface area contributed by atoms with Gasteiger partial charge in [0.25, 0.3) is 11.8 Å². The monoisotopic (exact) mass is 387 g/mol. The van der Waals surface area contributed by atoms with Crippen LogP contribution in [0.3, 0.4) is 0 Å². The maximum atomic E-state index is 12.6. The van der Waals surface area contributed by atoms with E-state index in [-0.39, 0.29) is 11.7 Å². The lowest BCUT2D eigenvalue weighted by atomic mass is 9.93. The van der Waals surface area contributed by atoms with Gasteiger partial charge in [0.2, 0.25) is 5.82 Å². The van der Waals surface area contributed by atoms with E-state index in [1.54, 1.807) is 31.4 Å². The molecule has 0 saturated carbocycles. The summed E-state index contributed by atoms with van der Waals surface area (Å²) in [7, 11) is 1.59. The second kappa shape index (κ2) is 7.75. The summed E-state index contributed by atoms with van der Waals surface area (Å²) in [5.41, 5.74) is 1.20. The second-order valence-electron chi connectivity index (χ2n) is 6.64. The molecule has 0 radical (unpaired) electrons. The predicted molar refractivity (Wildman–Crippen MR) is 98.2 cm³/mol. The number of nitrogens with zero attached hydrogens (tertiary/aromatic N) is 2. The molecule has 1 aromatic heterocycles. The Hall–Kier alpha value is -3.29.